The molecule has 0 aliphatic heterocycles. The smallest absolute Gasteiger partial charge is 0.0608 e. The second kappa shape index (κ2) is 4.56. The van der Waals surface area contributed by atoms with Crippen LogP contribution >= 0.6 is 0 Å². The van der Waals surface area contributed by atoms with Crippen LogP contribution in [0.25, 0.3) is 0 Å². The van der Waals surface area contributed by atoms with Gasteiger partial charge in [-0.05, 0) is 49.7 Å². The summed E-state index contributed by atoms with van der Waals surface area (Å²) in [6.45, 7) is 2.00. The Labute approximate surface area is 97.5 Å². The maximum Gasteiger partial charge on any atom is 0.0608 e. The lowest BCUT2D eigenvalue weighted by Gasteiger charge is -2.32. The lowest BCUT2D eigenvalue weighted by Crippen LogP contribution is -2.42. The lowest BCUT2D eigenvalue weighted by atomic mass is 9.77. The number of rotatable bonds is 3. The van der Waals surface area contributed by atoms with Crippen LogP contribution in [0.2, 0.25) is 0 Å². The topological polar surface area (TPSA) is 46.2 Å². The van der Waals surface area contributed by atoms with Crippen molar-refractivity contribution in [2.75, 3.05) is 6.61 Å². The summed E-state index contributed by atoms with van der Waals surface area (Å²) in [6.07, 6.45) is 4.50. The molecule has 2 rings (SSSR count). The van der Waals surface area contributed by atoms with Crippen LogP contribution in [0.3, 0.4) is 0 Å². The van der Waals surface area contributed by atoms with Crippen molar-refractivity contribution in [1.82, 2.24) is 0 Å². The van der Waals surface area contributed by atoms with Gasteiger partial charge in [-0.25, -0.2) is 0 Å². The Kier molecular flexibility index (Phi) is 3.31. The van der Waals surface area contributed by atoms with E-state index >= 15 is 0 Å². The maximum atomic E-state index is 9.25. The molecule has 2 heteroatoms. The normalized spacial score (nSPS) is 23.6. The van der Waals surface area contributed by atoms with E-state index in [-0.39, 0.29) is 6.61 Å². The van der Waals surface area contributed by atoms with E-state index < -0.39 is 5.54 Å². The first-order valence-electron chi connectivity index (χ1n) is 6.10. The molecule has 1 aromatic carbocycles. The van der Waals surface area contributed by atoms with Gasteiger partial charge in [0.1, 0.15) is 0 Å². The van der Waals surface area contributed by atoms with Gasteiger partial charge in [0.25, 0.3) is 0 Å². The highest BCUT2D eigenvalue weighted by Gasteiger charge is 2.27. The van der Waals surface area contributed by atoms with Gasteiger partial charge in [-0.2, -0.15) is 0 Å². The van der Waals surface area contributed by atoms with Gasteiger partial charge in [-0.15, -0.1) is 0 Å². The first-order chi connectivity index (χ1) is 7.62. The third-order valence-corrected chi connectivity index (χ3v) is 3.57. The van der Waals surface area contributed by atoms with Crippen molar-refractivity contribution in [1.29, 1.82) is 0 Å². The van der Waals surface area contributed by atoms with Gasteiger partial charge in [-0.1, -0.05) is 24.3 Å². The number of hydrogen-bond acceptors (Lipinski definition) is 2. The Morgan fingerprint density at radius 1 is 1.44 bits per heavy atom. The van der Waals surface area contributed by atoms with E-state index in [1.54, 1.807) is 0 Å². The molecule has 0 aromatic heterocycles. The molecule has 2 atom stereocenters. The van der Waals surface area contributed by atoms with Crippen molar-refractivity contribution in [2.24, 2.45) is 5.73 Å². The zero-order valence-corrected chi connectivity index (χ0v) is 9.95. The molecule has 0 saturated carbocycles. The summed E-state index contributed by atoms with van der Waals surface area (Å²) in [4.78, 5) is 0. The van der Waals surface area contributed by atoms with Gasteiger partial charge < -0.3 is 10.8 Å². The number of hydrogen-bond donors (Lipinski definition) is 2. The summed E-state index contributed by atoms with van der Waals surface area (Å²) in [5, 5.41) is 9.25. The van der Waals surface area contributed by atoms with Crippen LogP contribution in [-0.4, -0.2) is 17.3 Å². The largest absolute Gasteiger partial charge is 0.394 e. The van der Waals surface area contributed by atoms with E-state index in [0.29, 0.717) is 5.92 Å². The van der Waals surface area contributed by atoms with E-state index in [1.807, 2.05) is 6.92 Å². The zero-order chi connectivity index (χ0) is 11.6. The lowest BCUT2D eigenvalue weighted by molar-refractivity contribution is 0.189. The number of fused-ring (bicyclic) bond motifs is 1. The van der Waals surface area contributed by atoms with Gasteiger partial charge >= 0.3 is 0 Å². The first-order valence-corrected chi connectivity index (χ1v) is 6.10. The molecular weight excluding hydrogens is 198 g/mol. The monoisotopic (exact) mass is 219 g/mol. The Morgan fingerprint density at radius 2 is 2.19 bits per heavy atom. The molecule has 2 nitrogen and oxygen atoms in total. The van der Waals surface area contributed by atoms with E-state index in [1.165, 1.54) is 30.4 Å². The third kappa shape index (κ3) is 2.45. The Balaban J connectivity index is 2.19. The van der Waals surface area contributed by atoms with Crippen LogP contribution in [-0.2, 0) is 6.42 Å². The van der Waals surface area contributed by atoms with Crippen molar-refractivity contribution in [3.05, 3.63) is 35.4 Å². The second-order valence-corrected chi connectivity index (χ2v) is 5.30. The van der Waals surface area contributed by atoms with Crippen LogP contribution in [0.1, 0.15) is 43.2 Å². The van der Waals surface area contributed by atoms with E-state index in [0.717, 1.165) is 6.42 Å². The fourth-order valence-electron chi connectivity index (χ4n) is 2.69. The first kappa shape index (κ1) is 11.6. The highest BCUT2D eigenvalue weighted by atomic mass is 16.3. The summed E-state index contributed by atoms with van der Waals surface area (Å²) in [5.41, 5.74) is 8.51. The van der Waals surface area contributed by atoms with Crippen LogP contribution in [0.4, 0.5) is 0 Å². The van der Waals surface area contributed by atoms with Gasteiger partial charge in [0.05, 0.1) is 6.61 Å². The number of aliphatic hydroxyl groups excluding tert-OH is 1. The molecule has 3 N–H and O–H groups in total. The van der Waals surface area contributed by atoms with Crippen LogP contribution in [0.15, 0.2) is 24.3 Å². The Bertz CT molecular complexity index is 360. The molecular formula is C14H21NO. The molecule has 0 fully saturated rings. The second-order valence-electron chi connectivity index (χ2n) is 5.30. The molecule has 0 heterocycles. The molecule has 16 heavy (non-hydrogen) atoms. The van der Waals surface area contributed by atoms with Gasteiger partial charge in [0, 0.05) is 5.54 Å². The highest BCUT2D eigenvalue weighted by Crippen LogP contribution is 2.36. The Hall–Kier alpha value is -0.860. The molecule has 0 saturated heterocycles. The predicted molar refractivity (Wildman–Crippen MR) is 66.4 cm³/mol. The van der Waals surface area contributed by atoms with Crippen molar-refractivity contribution in [3.8, 4) is 0 Å². The molecule has 0 radical (unpaired) electrons. The summed E-state index contributed by atoms with van der Waals surface area (Å²) in [5.74, 6) is 0.520. The van der Waals surface area contributed by atoms with Crippen molar-refractivity contribution in [2.45, 2.75) is 44.1 Å². The zero-order valence-electron chi connectivity index (χ0n) is 9.95. The number of benzene rings is 1. The minimum atomic E-state index is -0.449. The number of nitrogens with two attached hydrogens (primary N) is 1. The van der Waals surface area contributed by atoms with Crippen molar-refractivity contribution < 1.29 is 5.11 Å². The molecule has 1 aliphatic carbocycles. The molecule has 88 valence electrons. The summed E-state index contributed by atoms with van der Waals surface area (Å²) in [6, 6.07) is 8.64. The van der Waals surface area contributed by atoms with Gasteiger partial charge in [0.2, 0.25) is 0 Å². The van der Waals surface area contributed by atoms with Crippen LogP contribution in [0, 0.1) is 0 Å². The average Bonchev–Trinajstić information content (AvgIpc) is 2.29. The summed E-state index contributed by atoms with van der Waals surface area (Å²) >= 11 is 0. The molecule has 1 aromatic rings. The van der Waals surface area contributed by atoms with Gasteiger partial charge in [0.15, 0.2) is 0 Å². The van der Waals surface area contributed by atoms with Crippen molar-refractivity contribution in [3.63, 3.8) is 0 Å². The number of aryl methyl sites for hydroxylation is 1. The summed E-state index contributed by atoms with van der Waals surface area (Å²) in [7, 11) is 0. The van der Waals surface area contributed by atoms with E-state index in [9.17, 15) is 5.11 Å². The third-order valence-electron chi connectivity index (χ3n) is 3.57. The SMILES string of the molecule is CC(N)(CO)CC1CCCc2ccccc21. The predicted octanol–water partition coefficient (Wildman–Crippen LogP) is 2.21. The van der Waals surface area contributed by atoms with Gasteiger partial charge in [-0.3, -0.25) is 0 Å². The minimum absolute atomic E-state index is 0.0612. The minimum Gasteiger partial charge on any atom is -0.394 e. The number of aliphatic hydroxyl groups is 1. The van der Waals surface area contributed by atoms with Crippen molar-refractivity contribution >= 4 is 0 Å². The fourth-order valence-corrected chi connectivity index (χ4v) is 2.69. The van der Waals surface area contributed by atoms with Crippen LogP contribution < -0.4 is 5.73 Å². The standard InChI is InChI=1S/C14H21NO/c1-14(15,10-16)9-12-7-4-6-11-5-2-3-8-13(11)12/h2-3,5,8,12,16H,4,6-7,9-10,15H2,1H3. The van der Waals surface area contributed by atoms with E-state index in [2.05, 4.69) is 24.3 Å². The average molecular weight is 219 g/mol. The van der Waals surface area contributed by atoms with E-state index in [4.69, 9.17) is 5.73 Å². The summed E-state index contributed by atoms with van der Waals surface area (Å²) < 4.78 is 0. The maximum absolute atomic E-state index is 9.25. The fraction of sp³-hybridized carbons (Fsp3) is 0.571. The highest BCUT2D eigenvalue weighted by molar-refractivity contribution is 5.32. The molecule has 0 amide bonds. The van der Waals surface area contributed by atoms with Crippen LogP contribution in [0.5, 0.6) is 0 Å². The molecule has 2 unspecified atom stereocenters. The molecule has 0 bridgehead atoms. The Morgan fingerprint density at radius 3 is 2.94 bits per heavy atom. The molecule has 1 aliphatic rings. The quantitative estimate of drug-likeness (QED) is 0.818. The molecule has 0 spiro atoms.